The highest BCUT2D eigenvalue weighted by atomic mass is 79.9. The summed E-state index contributed by atoms with van der Waals surface area (Å²) >= 11 is 3.43. The van der Waals surface area contributed by atoms with Gasteiger partial charge in [-0.15, -0.1) is 0 Å². The summed E-state index contributed by atoms with van der Waals surface area (Å²) in [7, 11) is 0. The molecule has 0 saturated carbocycles. The lowest BCUT2D eigenvalue weighted by Crippen LogP contribution is -2.35. The van der Waals surface area contributed by atoms with Crippen LogP contribution in [-0.2, 0) is 4.79 Å². The molecule has 1 atom stereocenters. The summed E-state index contributed by atoms with van der Waals surface area (Å²) < 4.78 is 1.03. The monoisotopic (exact) mass is 283 g/mol. The van der Waals surface area contributed by atoms with E-state index >= 15 is 0 Å². The van der Waals surface area contributed by atoms with Crippen molar-refractivity contribution in [1.82, 2.24) is 0 Å². The fourth-order valence-electron chi connectivity index (χ4n) is 2.05. The minimum absolute atomic E-state index is 0.0286. The van der Waals surface area contributed by atoms with Crippen LogP contribution in [0, 0.1) is 6.92 Å². The Morgan fingerprint density at radius 1 is 1.56 bits per heavy atom. The van der Waals surface area contributed by atoms with Crippen LogP contribution in [0.3, 0.4) is 0 Å². The number of aryl methyl sites for hydroxylation is 1. The molecule has 1 fully saturated rings. The standard InChI is InChI=1S/C12H14BrNO2/c1-8-6-9(2-4-11(8)13)14-10(7-15)3-5-12(14)16/h2,4,6,10,15H,3,5,7H2,1H3. The maximum atomic E-state index is 11.7. The van der Waals surface area contributed by atoms with E-state index in [-0.39, 0.29) is 18.6 Å². The molecular weight excluding hydrogens is 270 g/mol. The molecule has 0 bridgehead atoms. The number of carbonyl (C=O) groups is 1. The Bertz CT molecular complexity index is 419. The quantitative estimate of drug-likeness (QED) is 0.904. The van der Waals surface area contributed by atoms with Crippen LogP contribution >= 0.6 is 15.9 Å². The van der Waals surface area contributed by atoms with Crippen molar-refractivity contribution in [3.8, 4) is 0 Å². The molecular formula is C12H14BrNO2. The molecule has 1 aromatic carbocycles. The largest absolute Gasteiger partial charge is 0.394 e. The molecule has 1 aliphatic rings. The van der Waals surface area contributed by atoms with Crippen LogP contribution in [0.25, 0.3) is 0 Å². The van der Waals surface area contributed by atoms with Gasteiger partial charge in [-0.1, -0.05) is 15.9 Å². The van der Waals surface area contributed by atoms with Gasteiger partial charge in [-0.25, -0.2) is 0 Å². The zero-order chi connectivity index (χ0) is 11.7. The van der Waals surface area contributed by atoms with Gasteiger partial charge in [-0.05, 0) is 37.1 Å². The Labute approximate surface area is 103 Å². The average molecular weight is 284 g/mol. The van der Waals surface area contributed by atoms with Crippen LogP contribution in [0.2, 0.25) is 0 Å². The van der Waals surface area contributed by atoms with Gasteiger partial charge in [0.25, 0.3) is 0 Å². The van der Waals surface area contributed by atoms with E-state index in [0.29, 0.717) is 6.42 Å². The summed E-state index contributed by atoms with van der Waals surface area (Å²) in [6, 6.07) is 5.75. The van der Waals surface area contributed by atoms with Gasteiger partial charge in [-0.3, -0.25) is 4.79 Å². The molecule has 1 N–H and O–H groups in total. The molecule has 0 spiro atoms. The molecule has 86 valence electrons. The minimum atomic E-state index is -0.0620. The minimum Gasteiger partial charge on any atom is -0.394 e. The third-order valence-corrected chi connectivity index (χ3v) is 3.85. The summed E-state index contributed by atoms with van der Waals surface area (Å²) in [4.78, 5) is 13.5. The first-order chi connectivity index (χ1) is 7.63. The molecule has 0 aromatic heterocycles. The number of aliphatic hydroxyl groups excluding tert-OH is 1. The molecule has 1 unspecified atom stereocenters. The van der Waals surface area contributed by atoms with E-state index in [1.54, 1.807) is 4.90 Å². The first kappa shape index (κ1) is 11.6. The number of halogens is 1. The highest BCUT2D eigenvalue weighted by Crippen LogP contribution is 2.29. The van der Waals surface area contributed by atoms with Gasteiger partial charge in [0.2, 0.25) is 5.91 Å². The third-order valence-electron chi connectivity index (χ3n) is 2.96. The molecule has 16 heavy (non-hydrogen) atoms. The van der Waals surface area contributed by atoms with E-state index in [2.05, 4.69) is 15.9 Å². The van der Waals surface area contributed by atoms with E-state index in [1.165, 1.54) is 0 Å². The average Bonchev–Trinajstić information content (AvgIpc) is 2.64. The van der Waals surface area contributed by atoms with Crippen LogP contribution in [0.15, 0.2) is 22.7 Å². The second-order valence-corrected chi connectivity index (χ2v) is 4.93. The number of hydrogen-bond acceptors (Lipinski definition) is 2. The topological polar surface area (TPSA) is 40.5 Å². The van der Waals surface area contributed by atoms with Gasteiger partial charge >= 0.3 is 0 Å². The molecule has 0 aliphatic carbocycles. The van der Waals surface area contributed by atoms with Crippen LogP contribution in [0.1, 0.15) is 18.4 Å². The number of benzene rings is 1. The lowest BCUT2D eigenvalue weighted by atomic mass is 10.2. The zero-order valence-corrected chi connectivity index (χ0v) is 10.7. The Morgan fingerprint density at radius 3 is 2.94 bits per heavy atom. The zero-order valence-electron chi connectivity index (χ0n) is 9.11. The highest BCUT2D eigenvalue weighted by molar-refractivity contribution is 9.10. The van der Waals surface area contributed by atoms with Crippen molar-refractivity contribution >= 4 is 27.5 Å². The highest BCUT2D eigenvalue weighted by Gasteiger charge is 2.31. The third kappa shape index (κ3) is 1.99. The van der Waals surface area contributed by atoms with Gasteiger partial charge in [0, 0.05) is 16.6 Å². The van der Waals surface area contributed by atoms with Gasteiger partial charge in [0.1, 0.15) is 0 Å². The van der Waals surface area contributed by atoms with Crippen LogP contribution in [0.5, 0.6) is 0 Å². The van der Waals surface area contributed by atoms with Gasteiger partial charge in [0.15, 0.2) is 0 Å². The Kier molecular flexibility index (Phi) is 3.30. The number of nitrogens with zero attached hydrogens (tertiary/aromatic N) is 1. The maximum Gasteiger partial charge on any atom is 0.227 e. The van der Waals surface area contributed by atoms with Crippen molar-refractivity contribution in [2.75, 3.05) is 11.5 Å². The van der Waals surface area contributed by atoms with E-state index in [4.69, 9.17) is 0 Å². The predicted molar refractivity (Wildman–Crippen MR) is 66.5 cm³/mol. The predicted octanol–water partition coefficient (Wildman–Crippen LogP) is 2.25. The Hall–Kier alpha value is -0.870. The van der Waals surface area contributed by atoms with Crippen molar-refractivity contribution in [3.63, 3.8) is 0 Å². The van der Waals surface area contributed by atoms with Gasteiger partial charge in [0.05, 0.1) is 12.6 Å². The fourth-order valence-corrected chi connectivity index (χ4v) is 2.30. The number of amides is 1. The molecule has 0 radical (unpaired) electrons. The Balaban J connectivity index is 2.35. The Morgan fingerprint density at radius 2 is 2.31 bits per heavy atom. The van der Waals surface area contributed by atoms with Crippen molar-refractivity contribution in [2.45, 2.75) is 25.8 Å². The lowest BCUT2D eigenvalue weighted by molar-refractivity contribution is -0.117. The molecule has 2 rings (SSSR count). The number of rotatable bonds is 2. The van der Waals surface area contributed by atoms with Crippen molar-refractivity contribution < 1.29 is 9.90 Å². The smallest absolute Gasteiger partial charge is 0.227 e. The summed E-state index contributed by atoms with van der Waals surface area (Å²) in [5.41, 5.74) is 1.97. The van der Waals surface area contributed by atoms with E-state index < -0.39 is 0 Å². The second kappa shape index (κ2) is 4.55. The SMILES string of the molecule is Cc1cc(N2C(=O)CCC2CO)ccc1Br. The number of hydrogen-bond donors (Lipinski definition) is 1. The van der Waals surface area contributed by atoms with Crippen molar-refractivity contribution in [2.24, 2.45) is 0 Å². The van der Waals surface area contributed by atoms with Crippen molar-refractivity contribution in [1.29, 1.82) is 0 Å². The van der Waals surface area contributed by atoms with Crippen LogP contribution in [-0.4, -0.2) is 23.7 Å². The molecule has 4 heteroatoms. The first-order valence-corrected chi connectivity index (χ1v) is 6.12. The summed E-state index contributed by atoms with van der Waals surface area (Å²) in [5, 5.41) is 9.24. The molecule has 1 heterocycles. The van der Waals surface area contributed by atoms with Crippen molar-refractivity contribution in [3.05, 3.63) is 28.2 Å². The van der Waals surface area contributed by atoms with Gasteiger partial charge in [-0.2, -0.15) is 0 Å². The summed E-state index contributed by atoms with van der Waals surface area (Å²) in [6.07, 6.45) is 1.27. The lowest BCUT2D eigenvalue weighted by Gasteiger charge is -2.23. The molecule has 1 aliphatic heterocycles. The summed E-state index contributed by atoms with van der Waals surface area (Å²) in [5.74, 6) is 0.0979. The molecule has 3 nitrogen and oxygen atoms in total. The molecule has 1 aromatic rings. The van der Waals surface area contributed by atoms with Gasteiger partial charge < -0.3 is 10.0 Å². The summed E-state index contributed by atoms with van der Waals surface area (Å²) in [6.45, 7) is 2.02. The second-order valence-electron chi connectivity index (χ2n) is 4.07. The number of anilines is 1. The van der Waals surface area contributed by atoms with E-state index in [0.717, 1.165) is 22.1 Å². The fraction of sp³-hybridized carbons (Fsp3) is 0.417. The maximum absolute atomic E-state index is 11.7. The van der Waals surface area contributed by atoms with E-state index in [1.807, 2.05) is 25.1 Å². The number of carbonyl (C=O) groups excluding carboxylic acids is 1. The van der Waals surface area contributed by atoms with Crippen LogP contribution in [0.4, 0.5) is 5.69 Å². The number of aliphatic hydroxyl groups is 1. The van der Waals surface area contributed by atoms with E-state index in [9.17, 15) is 9.90 Å². The molecule has 1 amide bonds. The first-order valence-electron chi connectivity index (χ1n) is 5.32. The molecule has 1 saturated heterocycles. The normalized spacial score (nSPS) is 20.6. The van der Waals surface area contributed by atoms with Crippen LogP contribution < -0.4 is 4.90 Å².